The first-order valence-corrected chi connectivity index (χ1v) is 13.1. The van der Waals surface area contributed by atoms with Gasteiger partial charge in [0.25, 0.3) is 0 Å². The van der Waals surface area contributed by atoms with Crippen LogP contribution >= 0.6 is 11.8 Å². The molecule has 0 atom stereocenters. The van der Waals surface area contributed by atoms with Gasteiger partial charge in [-0.3, -0.25) is 4.79 Å². The van der Waals surface area contributed by atoms with Crippen LogP contribution in [0.25, 0.3) is 21.9 Å². The number of anilines is 1. The van der Waals surface area contributed by atoms with E-state index in [-0.39, 0.29) is 17.9 Å². The summed E-state index contributed by atoms with van der Waals surface area (Å²) in [6.07, 6.45) is 6.00. The molecule has 4 rings (SSSR count). The predicted molar refractivity (Wildman–Crippen MR) is 136 cm³/mol. The molecular weight excluding hydrogens is 434 g/mol. The summed E-state index contributed by atoms with van der Waals surface area (Å²) in [7, 11) is 1.37. The van der Waals surface area contributed by atoms with E-state index < -0.39 is 5.97 Å². The Kier molecular flexibility index (Phi) is 7.03. The number of fused-ring (bicyclic) bond motifs is 3. The summed E-state index contributed by atoms with van der Waals surface area (Å²) >= 11 is 1.77. The second kappa shape index (κ2) is 9.80. The number of esters is 1. The number of hydrogen-bond acceptors (Lipinski definition) is 5. The highest BCUT2D eigenvalue weighted by atomic mass is 32.2. The van der Waals surface area contributed by atoms with E-state index in [0.717, 1.165) is 47.8 Å². The molecule has 1 aromatic heterocycles. The van der Waals surface area contributed by atoms with Crippen molar-refractivity contribution in [1.29, 1.82) is 0 Å². The van der Waals surface area contributed by atoms with Crippen molar-refractivity contribution in [3.8, 4) is 0 Å². The van der Waals surface area contributed by atoms with Gasteiger partial charge in [0.15, 0.2) is 0 Å². The van der Waals surface area contributed by atoms with Crippen LogP contribution in [0, 0.1) is 11.8 Å². The van der Waals surface area contributed by atoms with E-state index in [2.05, 4.69) is 25.3 Å². The highest BCUT2D eigenvalue weighted by Gasteiger charge is 2.33. The number of carbonyl (C=O) groups is 2. The molecule has 1 saturated carbocycles. The van der Waals surface area contributed by atoms with Crippen molar-refractivity contribution in [2.24, 2.45) is 11.8 Å². The molecule has 3 aromatic rings. The molecule has 0 N–H and O–H groups in total. The minimum atomic E-state index is -0.467. The predicted octanol–water partition coefficient (Wildman–Crippen LogP) is 6.80. The number of methoxy groups -OCH3 is 1. The maximum Gasteiger partial charge on any atom is 0.340 e. The minimum absolute atomic E-state index is 0.0148. The molecule has 1 amide bonds. The molecule has 2 aromatic carbocycles. The fraction of sp³-hybridized carbons (Fsp3) is 0.481. The van der Waals surface area contributed by atoms with Crippen LogP contribution in [0.4, 0.5) is 5.69 Å². The Morgan fingerprint density at radius 2 is 1.79 bits per heavy atom. The average Bonchev–Trinajstić information content (AvgIpc) is 3.15. The first kappa shape index (κ1) is 23.7. The summed E-state index contributed by atoms with van der Waals surface area (Å²) in [5.74, 6) is 1.19. The van der Waals surface area contributed by atoms with E-state index >= 15 is 0 Å². The lowest BCUT2D eigenvalue weighted by Crippen LogP contribution is -2.43. The van der Waals surface area contributed by atoms with Crippen molar-refractivity contribution in [1.82, 2.24) is 0 Å². The van der Waals surface area contributed by atoms with Gasteiger partial charge in [-0.25, -0.2) is 4.79 Å². The Labute approximate surface area is 199 Å². The minimum Gasteiger partial charge on any atom is -0.465 e. The Morgan fingerprint density at radius 1 is 1.09 bits per heavy atom. The van der Waals surface area contributed by atoms with Gasteiger partial charge in [0.05, 0.1) is 18.4 Å². The summed E-state index contributed by atoms with van der Waals surface area (Å²) in [6.45, 7) is 6.25. The molecule has 6 heteroatoms. The summed E-state index contributed by atoms with van der Waals surface area (Å²) in [4.78, 5) is 28.3. The van der Waals surface area contributed by atoms with Crippen molar-refractivity contribution < 1.29 is 18.7 Å². The summed E-state index contributed by atoms with van der Waals surface area (Å²) in [5.41, 5.74) is 3.57. The first-order valence-electron chi connectivity index (χ1n) is 11.7. The third kappa shape index (κ3) is 4.63. The Morgan fingerprint density at radius 3 is 2.42 bits per heavy atom. The summed E-state index contributed by atoms with van der Waals surface area (Å²) in [6, 6.07) is 9.77. The van der Waals surface area contributed by atoms with Gasteiger partial charge in [-0.1, -0.05) is 13.0 Å². The zero-order valence-corrected chi connectivity index (χ0v) is 21.0. The van der Waals surface area contributed by atoms with Crippen molar-refractivity contribution in [3.63, 3.8) is 0 Å². The van der Waals surface area contributed by atoms with Gasteiger partial charge < -0.3 is 14.1 Å². The van der Waals surface area contributed by atoms with Crippen LogP contribution in [0.3, 0.4) is 0 Å². The zero-order chi connectivity index (χ0) is 23.7. The number of carbonyl (C=O) groups excluding carboxylic acids is 2. The number of furan rings is 1. The molecule has 0 radical (unpaired) electrons. The lowest BCUT2D eigenvalue weighted by molar-refractivity contribution is -0.123. The monoisotopic (exact) mass is 467 g/mol. The molecule has 5 nitrogen and oxygen atoms in total. The van der Waals surface area contributed by atoms with Crippen LogP contribution in [0.15, 0.2) is 34.7 Å². The molecule has 176 valence electrons. The van der Waals surface area contributed by atoms with Crippen LogP contribution in [-0.4, -0.2) is 31.3 Å². The topological polar surface area (TPSA) is 59.8 Å². The molecule has 0 bridgehead atoms. The van der Waals surface area contributed by atoms with E-state index in [1.54, 1.807) is 22.7 Å². The number of ether oxygens (including phenoxy) is 1. The van der Waals surface area contributed by atoms with Crippen LogP contribution in [0.2, 0.25) is 0 Å². The molecule has 0 spiro atoms. The van der Waals surface area contributed by atoms with Crippen molar-refractivity contribution in [2.45, 2.75) is 58.2 Å². The highest BCUT2D eigenvalue weighted by molar-refractivity contribution is 7.97. The van der Waals surface area contributed by atoms with E-state index in [1.165, 1.54) is 12.7 Å². The normalized spacial score (nSPS) is 18.7. The SMILES string of the molecule is COC(=O)c1cc2oc3ccc(CSC)cc3c2cc1N(C(=O)C1CCC(C)CC1)C(C)C. The number of amides is 1. The number of thioether (sulfide) groups is 1. The molecule has 1 heterocycles. The fourth-order valence-electron chi connectivity index (χ4n) is 4.94. The van der Waals surface area contributed by atoms with Crippen LogP contribution in [-0.2, 0) is 15.3 Å². The molecule has 33 heavy (non-hydrogen) atoms. The molecule has 0 saturated heterocycles. The first-order chi connectivity index (χ1) is 15.8. The van der Waals surface area contributed by atoms with Gasteiger partial charge in [0.2, 0.25) is 5.91 Å². The maximum atomic E-state index is 13.7. The fourth-order valence-corrected chi connectivity index (χ4v) is 5.46. The van der Waals surface area contributed by atoms with Crippen LogP contribution < -0.4 is 4.90 Å². The number of nitrogens with zero attached hydrogens (tertiary/aromatic N) is 1. The van der Waals surface area contributed by atoms with Crippen molar-refractivity contribution >= 4 is 51.3 Å². The van der Waals surface area contributed by atoms with E-state index in [9.17, 15) is 9.59 Å². The standard InChI is InChI=1S/C27H33NO4S/c1-16(2)28(26(29)19-9-6-17(3)7-10-19)23-13-21-20-12-18(15-33-5)8-11-24(20)32-25(21)14-22(23)27(30)31-4/h8,11-14,16-17,19H,6-7,9-10,15H2,1-5H3. The third-order valence-corrected chi connectivity index (χ3v) is 7.37. The molecule has 1 fully saturated rings. The molecule has 0 aliphatic heterocycles. The van der Waals surface area contributed by atoms with E-state index in [1.807, 2.05) is 26.0 Å². The Balaban J connectivity index is 1.87. The number of rotatable bonds is 6. The van der Waals surface area contributed by atoms with Gasteiger partial charge in [0.1, 0.15) is 11.2 Å². The number of benzene rings is 2. The number of hydrogen-bond donors (Lipinski definition) is 0. The van der Waals surface area contributed by atoms with Gasteiger partial charge in [-0.15, -0.1) is 0 Å². The quantitative estimate of drug-likeness (QED) is 0.373. The molecular formula is C27H33NO4S. The van der Waals surface area contributed by atoms with Crippen LogP contribution in [0.1, 0.15) is 62.4 Å². The van der Waals surface area contributed by atoms with E-state index in [4.69, 9.17) is 9.15 Å². The van der Waals surface area contributed by atoms with Crippen molar-refractivity contribution in [2.75, 3.05) is 18.3 Å². The smallest absolute Gasteiger partial charge is 0.340 e. The second-order valence-electron chi connectivity index (χ2n) is 9.48. The van der Waals surface area contributed by atoms with Crippen LogP contribution in [0.5, 0.6) is 0 Å². The second-order valence-corrected chi connectivity index (χ2v) is 10.3. The highest BCUT2D eigenvalue weighted by Crippen LogP contribution is 2.38. The van der Waals surface area contributed by atoms with Gasteiger partial charge >= 0.3 is 5.97 Å². The third-order valence-electron chi connectivity index (χ3n) is 6.75. The summed E-state index contributed by atoms with van der Waals surface area (Å²) < 4.78 is 11.2. The largest absolute Gasteiger partial charge is 0.465 e. The zero-order valence-electron chi connectivity index (χ0n) is 20.1. The Bertz CT molecular complexity index is 1170. The van der Waals surface area contributed by atoms with Gasteiger partial charge in [-0.05, 0) is 81.5 Å². The molecule has 1 aliphatic rings. The van der Waals surface area contributed by atoms with E-state index in [0.29, 0.717) is 22.8 Å². The Hall–Kier alpha value is -2.47. The van der Waals surface area contributed by atoms with Gasteiger partial charge in [-0.2, -0.15) is 11.8 Å². The molecule has 0 unspecified atom stereocenters. The van der Waals surface area contributed by atoms with Crippen molar-refractivity contribution in [3.05, 3.63) is 41.5 Å². The lowest BCUT2D eigenvalue weighted by Gasteiger charge is -2.34. The lowest BCUT2D eigenvalue weighted by atomic mass is 9.82. The summed E-state index contributed by atoms with van der Waals surface area (Å²) in [5, 5.41) is 1.91. The molecule has 1 aliphatic carbocycles. The average molecular weight is 468 g/mol. The maximum absolute atomic E-state index is 13.7. The van der Waals surface area contributed by atoms with Gasteiger partial charge in [0, 0.05) is 28.5 Å².